The van der Waals surface area contributed by atoms with E-state index in [9.17, 15) is 9.59 Å². The second kappa shape index (κ2) is 4.66. The van der Waals surface area contributed by atoms with E-state index in [1.54, 1.807) is 25.1 Å². The van der Waals surface area contributed by atoms with E-state index in [0.717, 1.165) is 4.47 Å². The Morgan fingerprint density at radius 3 is 2.82 bits per heavy atom. The summed E-state index contributed by atoms with van der Waals surface area (Å²) in [6.07, 6.45) is 0. The van der Waals surface area contributed by atoms with E-state index in [4.69, 9.17) is 11.6 Å². The normalized spacial score (nSPS) is 20.4. The molecular formula is C11H10BrClN2O2. The highest BCUT2D eigenvalue weighted by atomic mass is 79.9. The number of hydrogen-bond donors (Lipinski definition) is 1. The molecule has 0 radical (unpaired) electrons. The Kier molecular flexibility index (Phi) is 3.40. The number of nitrogens with one attached hydrogen (secondary N) is 1. The van der Waals surface area contributed by atoms with Gasteiger partial charge in [-0.05, 0) is 18.2 Å². The van der Waals surface area contributed by atoms with Crippen molar-refractivity contribution in [2.75, 3.05) is 11.4 Å². The number of anilines is 1. The molecular weight excluding hydrogens is 307 g/mol. The van der Waals surface area contributed by atoms with Crippen LogP contribution in [0.3, 0.4) is 0 Å². The summed E-state index contributed by atoms with van der Waals surface area (Å²) in [5.74, 6) is -0.494. The lowest BCUT2D eigenvalue weighted by Gasteiger charge is -2.30. The molecule has 4 nitrogen and oxygen atoms in total. The van der Waals surface area contributed by atoms with Crippen molar-refractivity contribution in [1.29, 1.82) is 0 Å². The van der Waals surface area contributed by atoms with E-state index in [1.165, 1.54) is 4.90 Å². The highest BCUT2D eigenvalue weighted by Crippen LogP contribution is 2.30. The predicted molar refractivity (Wildman–Crippen MR) is 69.2 cm³/mol. The van der Waals surface area contributed by atoms with Gasteiger partial charge in [-0.1, -0.05) is 34.5 Å². The number of amides is 3. The van der Waals surface area contributed by atoms with Gasteiger partial charge >= 0.3 is 6.03 Å². The van der Waals surface area contributed by atoms with E-state index >= 15 is 0 Å². The molecule has 1 aliphatic heterocycles. The van der Waals surface area contributed by atoms with E-state index in [1.807, 2.05) is 0 Å². The fraction of sp³-hybridized carbons (Fsp3) is 0.273. The van der Waals surface area contributed by atoms with Crippen molar-refractivity contribution in [2.45, 2.75) is 6.92 Å². The largest absolute Gasteiger partial charge is 0.328 e. The molecule has 1 N–H and O–H groups in total. The molecule has 1 unspecified atom stereocenters. The molecule has 1 atom stereocenters. The molecule has 0 aliphatic carbocycles. The van der Waals surface area contributed by atoms with Gasteiger partial charge in [0.1, 0.15) is 0 Å². The summed E-state index contributed by atoms with van der Waals surface area (Å²) in [7, 11) is 0. The number of nitrogens with zero attached hydrogens (tertiary/aromatic N) is 1. The van der Waals surface area contributed by atoms with Crippen molar-refractivity contribution >= 4 is 45.2 Å². The SMILES string of the molecule is CC1CN(c2ccc(Br)cc2Cl)C(=O)NC1=O. The second-order valence-electron chi connectivity index (χ2n) is 3.90. The molecule has 1 aliphatic rings. The number of carbonyl (C=O) groups excluding carboxylic acids is 2. The van der Waals surface area contributed by atoms with Crippen molar-refractivity contribution in [3.05, 3.63) is 27.7 Å². The summed E-state index contributed by atoms with van der Waals surface area (Å²) in [6.45, 7) is 2.10. The summed E-state index contributed by atoms with van der Waals surface area (Å²) in [4.78, 5) is 24.5. The van der Waals surface area contributed by atoms with Crippen LogP contribution in [-0.4, -0.2) is 18.5 Å². The fourth-order valence-electron chi connectivity index (χ4n) is 1.64. The Labute approximate surface area is 112 Å². The third-order valence-corrected chi connectivity index (χ3v) is 3.38. The first-order valence-corrected chi connectivity index (χ1v) is 6.23. The molecule has 6 heteroatoms. The van der Waals surface area contributed by atoms with Gasteiger partial charge in [0.15, 0.2) is 0 Å². The zero-order valence-corrected chi connectivity index (χ0v) is 11.4. The molecule has 0 bridgehead atoms. The summed E-state index contributed by atoms with van der Waals surface area (Å²) in [5, 5.41) is 2.77. The third kappa shape index (κ3) is 2.45. The van der Waals surface area contributed by atoms with Gasteiger partial charge in [0, 0.05) is 11.0 Å². The van der Waals surface area contributed by atoms with Gasteiger partial charge in [0.25, 0.3) is 0 Å². The predicted octanol–water partition coefficient (Wildman–Crippen LogP) is 2.79. The molecule has 0 saturated carbocycles. The second-order valence-corrected chi connectivity index (χ2v) is 5.22. The van der Waals surface area contributed by atoms with Crippen molar-refractivity contribution in [1.82, 2.24) is 5.32 Å². The van der Waals surface area contributed by atoms with E-state index < -0.39 is 6.03 Å². The molecule has 1 saturated heterocycles. The van der Waals surface area contributed by atoms with Crippen LogP contribution in [0.25, 0.3) is 0 Å². The number of halogens is 2. The summed E-state index contributed by atoms with van der Waals surface area (Å²) in [5.41, 5.74) is 0.603. The maximum Gasteiger partial charge on any atom is 0.328 e. The standard InChI is InChI=1S/C11H10BrClN2O2/c1-6-5-15(11(17)14-10(6)16)9-3-2-7(12)4-8(9)13/h2-4,6H,5H2,1H3,(H,14,16,17). The number of imide groups is 1. The quantitative estimate of drug-likeness (QED) is 0.866. The zero-order valence-electron chi connectivity index (χ0n) is 9.04. The van der Waals surface area contributed by atoms with Gasteiger partial charge in [0.05, 0.1) is 16.6 Å². The maximum atomic E-state index is 11.7. The van der Waals surface area contributed by atoms with E-state index in [0.29, 0.717) is 17.3 Å². The monoisotopic (exact) mass is 316 g/mol. The summed E-state index contributed by atoms with van der Waals surface area (Å²) < 4.78 is 0.841. The molecule has 90 valence electrons. The number of benzene rings is 1. The van der Waals surface area contributed by atoms with Crippen LogP contribution in [0.4, 0.5) is 10.5 Å². The Morgan fingerprint density at radius 1 is 1.47 bits per heavy atom. The van der Waals surface area contributed by atoms with Gasteiger partial charge in [-0.2, -0.15) is 0 Å². The maximum absolute atomic E-state index is 11.7. The van der Waals surface area contributed by atoms with Crippen LogP contribution >= 0.6 is 27.5 Å². The summed E-state index contributed by atoms with van der Waals surface area (Å²) in [6, 6.07) is 4.83. The number of rotatable bonds is 1. The van der Waals surface area contributed by atoms with Crippen molar-refractivity contribution < 1.29 is 9.59 Å². The zero-order chi connectivity index (χ0) is 12.6. The molecule has 1 fully saturated rings. The minimum Gasteiger partial charge on any atom is -0.292 e. The first kappa shape index (κ1) is 12.4. The highest BCUT2D eigenvalue weighted by Gasteiger charge is 2.30. The molecule has 0 spiro atoms. The Hall–Kier alpha value is -1.07. The van der Waals surface area contributed by atoms with Gasteiger partial charge in [-0.25, -0.2) is 4.79 Å². The number of hydrogen-bond acceptors (Lipinski definition) is 2. The van der Waals surface area contributed by atoms with Crippen LogP contribution in [0.15, 0.2) is 22.7 Å². The molecule has 0 aromatic heterocycles. The minimum absolute atomic E-state index is 0.243. The summed E-state index contributed by atoms with van der Waals surface area (Å²) >= 11 is 9.37. The third-order valence-electron chi connectivity index (χ3n) is 2.58. The number of carbonyl (C=O) groups is 2. The lowest BCUT2D eigenvalue weighted by atomic mass is 10.1. The Morgan fingerprint density at radius 2 is 2.18 bits per heavy atom. The Balaban J connectivity index is 2.33. The van der Waals surface area contributed by atoms with Crippen LogP contribution < -0.4 is 10.2 Å². The van der Waals surface area contributed by atoms with Crippen molar-refractivity contribution in [2.24, 2.45) is 5.92 Å². The van der Waals surface area contributed by atoms with Gasteiger partial charge in [-0.15, -0.1) is 0 Å². The Bertz CT molecular complexity index is 492. The molecule has 3 amide bonds. The molecule has 2 rings (SSSR count). The van der Waals surface area contributed by atoms with Crippen molar-refractivity contribution in [3.63, 3.8) is 0 Å². The highest BCUT2D eigenvalue weighted by molar-refractivity contribution is 9.10. The van der Waals surface area contributed by atoms with E-state index in [2.05, 4.69) is 21.2 Å². The van der Waals surface area contributed by atoms with Crippen molar-refractivity contribution in [3.8, 4) is 0 Å². The average Bonchev–Trinajstić information content (AvgIpc) is 2.24. The molecule has 1 aromatic carbocycles. The topological polar surface area (TPSA) is 49.4 Å². The smallest absolute Gasteiger partial charge is 0.292 e. The van der Waals surface area contributed by atoms with Crippen LogP contribution in [0, 0.1) is 5.92 Å². The van der Waals surface area contributed by atoms with Gasteiger partial charge in [-0.3, -0.25) is 15.0 Å². The number of urea groups is 1. The van der Waals surface area contributed by atoms with Gasteiger partial charge in [0.2, 0.25) is 5.91 Å². The first-order chi connectivity index (χ1) is 7.99. The lowest BCUT2D eigenvalue weighted by Crippen LogP contribution is -2.54. The molecule has 1 aromatic rings. The lowest BCUT2D eigenvalue weighted by molar-refractivity contribution is -0.123. The van der Waals surface area contributed by atoms with Crippen LogP contribution in [0.2, 0.25) is 5.02 Å². The average molecular weight is 318 g/mol. The molecule has 1 heterocycles. The van der Waals surface area contributed by atoms with Crippen LogP contribution in [-0.2, 0) is 4.79 Å². The molecule has 17 heavy (non-hydrogen) atoms. The first-order valence-electron chi connectivity index (χ1n) is 5.06. The fourth-order valence-corrected chi connectivity index (χ4v) is 2.42. The van der Waals surface area contributed by atoms with Crippen LogP contribution in [0.5, 0.6) is 0 Å². The minimum atomic E-state index is -0.433. The van der Waals surface area contributed by atoms with E-state index in [-0.39, 0.29) is 11.8 Å². The van der Waals surface area contributed by atoms with Crippen LogP contribution in [0.1, 0.15) is 6.92 Å². The van der Waals surface area contributed by atoms with Gasteiger partial charge < -0.3 is 0 Å².